The summed E-state index contributed by atoms with van der Waals surface area (Å²) in [6, 6.07) is 7.29. The molecule has 7 heteroatoms. The van der Waals surface area contributed by atoms with Gasteiger partial charge in [0.05, 0.1) is 16.7 Å². The van der Waals surface area contributed by atoms with Crippen LogP contribution >= 0.6 is 0 Å². The quantitative estimate of drug-likeness (QED) is 0.767. The normalized spacial score (nSPS) is 11.5. The fourth-order valence-electron chi connectivity index (χ4n) is 2.57. The molecule has 124 valence electrons. The van der Waals surface area contributed by atoms with Crippen molar-refractivity contribution >= 4 is 22.6 Å². The third-order valence-electron chi connectivity index (χ3n) is 3.92. The smallest absolute Gasteiger partial charge is 0.252 e. The lowest BCUT2D eigenvalue weighted by molar-refractivity contribution is 0.0910. The number of carbonyl (C=O) groups is 1. The predicted octanol–water partition coefficient (Wildman–Crippen LogP) is 2.07. The molecular formula is C17H20N6O. The summed E-state index contributed by atoms with van der Waals surface area (Å²) in [4.78, 5) is 21.0. The Balaban J connectivity index is 1.88. The highest BCUT2D eigenvalue weighted by Crippen LogP contribution is 2.22. The van der Waals surface area contributed by atoms with Crippen molar-refractivity contribution in [1.29, 1.82) is 0 Å². The highest BCUT2D eigenvalue weighted by molar-refractivity contribution is 5.99. The van der Waals surface area contributed by atoms with Crippen LogP contribution in [-0.2, 0) is 12.6 Å². The Morgan fingerprint density at radius 1 is 1.21 bits per heavy atom. The van der Waals surface area contributed by atoms with Gasteiger partial charge >= 0.3 is 0 Å². The van der Waals surface area contributed by atoms with Crippen LogP contribution in [0.3, 0.4) is 0 Å². The zero-order valence-electron chi connectivity index (χ0n) is 14.2. The van der Waals surface area contributed by atoms with Crippen LogP contribution in [0.25, 0.3) is 10.9 Å². The molecule has 0 radical (unpaired) electrons. The Hall–Kier alpha value is -2.96. The molecular weight excluding hydrogens is 304 g/mol. The van der Waals surface area contributed by atoms with E-state index >= 15 is 0 Å². The highest BCUT2D eigenvalue weighted by Gasteiger charge is 2.26. The van der Waals surface area contributed by atoms with Crippen LogP contribution in [0.5, 0.6) is 0 Å². The fourth-order valence-corrected chi connectivity index (χ4v) is 2.57. The third-order valence-corrected chi connectivity index (χ3v) is 3.92. The van der Waals surface area contributed by atoms with Crippen molar-refractivity contribution in [3.05, 3.63) is 48.0 Å². The number of rotatable bonds is 4. The Bertz CT molecular complexity index is 899. The molecule has 7 nitrogen and oxygen atoms in total. The first-order valence-corrected chi connectivity index (χ1v) is 7.66. The van der Waals surface area contributed by atoms with E-state index < -0.39 is 5.54 Å². The minimum Gasteiger partial charge on any atom is -0.373 e. The van der Waals surface area contributed by atoms with Crippen LogP contribution in [0.15, 0.2) is 36.8 Å². The van der Waals surface area contributed by atoms with Gasteiger partial charge in [0.15, 0.2) is 0 Å². The number of carbonyl (C=O) groups excluding carboxylic acids is 1. The van der Waals surface area contributed by atoms with Crippen molar-refractivity contribution in [3.8, 4) is 0 Å². The molecule has 1 aromatic carbocycles. The van der Waals surface area contributed by atoms with Crippen molar-refractivity contribution in [2.45, 2.75) is 19.4 Å². The van der Waals surface area contributed by atoms with Gasteiger partial charge in [-0.3, -0.25) is 9.48 Å². The molecule has 0 atom stereocenters. The maximum atomic E-state index is 12.6. The zero-order chi connectivity index (χ0) is 17.3. The van der Waals surface area contributed by atoms with Crippen LogP contribution in [0.4, 0.5) is 5.82 Å². The first-order valence-electron chi connectivity index (χ1n) is 7.66. The molecule has 0 unspecified atom stereocenters. The summed E-state index contributed by atoms with van der Waals surface area (Å²) in [5.41, 5.74) is 1.50. The number of hydrogen-bond acceptors (Lipinski definition) is 5. The molecule has 2 N–H and O–H groups in total. The van der Waals surface area contributed by atoms with E-state index in [1.807, 2.05) is 39.2 Å². The number of fused-ring (bicyclic) bond motifs is 1. The molecule has 2 heterocycles. The van der Waals surface area contributed by atoms with E-state index in [2.05, 4.69) is 25.7 Å². The van der Waals surface area contributed by atoms with Crippen LogP contribution in [0.1, 0.15) is 29.9 Å². The van der Waals surface area contributed by atoms with Gasteiger partial charge < -0.3 is 10.6 Å². The maximum Gasteiger partial charge on any atom is 0.252 e. The molecule has 0 aliphatic heterocycles. The first kappa shape index (κ1) is 15.9. The lowest BCUT2D eigenvalue weighted by atomic mass is 10.00. The summed E-state index contributed by atoms with van der Waals surface area (Å²) in [5.74, 6) is 0.568. The van der Waals surface area contributed by atoms with Crippen LogP contribution in [0.2, 0.25) is 0 Å². The van der Waals surface area contributed by atoms with Gasteiger partial charge in [0.1, 0.15) is 12.1 Å². The van der Waals surface area contributed by atoms with Gasteiger partial charge in [-0.05, 0) is 38.1 Å². The first-order chi connectivity index (χ1) is 11.4. The minimum atomic E-state index is -0.574. The fraction of sp³-hybridized carbons (Fsp3) is 0.294. The van der Waals surface area contributed by atoms with Crippen molar-refractivity contribution in [2.75, 3.05) is 12.4 Å². The van der Waals surface area contributed by atoms with E-state index in [0.29, 0.717) is 5.56 Å². The average Bonchev–Trinajstić information content (AvgIpc) is 3.00. The van der Waals surface area contributed by atoms with Gasteiger partial charge in [-0.2, -0.15) is 5.10 Å². The molecule has 0 aliphatic rings. The van der Waals surface area contributed by atoms with Gasteiger partial charge in [-0.15, -0.1) is 0 Å². The standard InChI is InChI=1S/C17H20N6O/c1-17(2,14-7-8-23(4)22-14)21-16(24)11-5-6-12-13(9-11)19-10-20-15(12)18-3/h5-10H,1-4H3,(H,21,24)(H,18,19,20). The molecule has 0 fully saturated rings. The number of amides is 1. The number of aryl methyl sites for hydroxylation is 1. The zero-order valence-corrected chi connectivity index (χ0v) is 14.2. The van der Waals surface area contributed by atoms with Gasteiger partial charge in [-0.1, -0.05) is 0 Å². The summed E-state index contributed by atoms with van der Waals surface area (Å²) in [6.07, 6.45) is 3.34. The van der Waals surface area contributed by atoms with E-state index in [-0.39, 0.29) is 5.91 Å². The second-order valence-corrected chi connectivity index (χ2v) is 6.16. The molecule has 24 heavy (non-hydrogen) atoms. The Morgan fingerprint density at radius 2 is 2.00 bits per heavy atom. The number of anilines is 1. The lowest BCUT2D eigenvalue weighted by Crippen LogP contribution is -2.41. The maximum absolute atomic E-state index is 12.6. The number of nitrogens with one attached hydrogen (secondary N) is 2. The number of hydrogen-bond donors (Lipinski definition) is 2. The number of aromatic nitrogens is 4. The van der Waals surface area contributed by atoms with E-state index in [1.165, 1.54) is 6.33 Å². The Labute approximate surface area is 140 Å². The van der Waals surface area contributed by atoms with Crippen molar-refractivity contribution in [2.24, 2.45) is 7.05 Å². The second kappa shape index (κ2) is 5.92. The lowest BCUT2D eigenvalue weighted by Gasteiger charge is -2.24. The molecule has 0 aliphatic carbocycles. The predicted molar refractivity (Wildman–Crippen MR) is 92.8 cm³/mol. The van der Waals surface area contributed by atoms with Gasteiger partial charge in [0.25, 0.3) is 5.91 Å². The largest absolute Gasteiger partial charge is 0.373 e. The molecule has 3 rings (SSSR count). The topological polar surface area (TPSA) is 84.7 Å². The average molecular weight is 324 g/mol. The molecule has 0 saturated carbocycles. The van der Waals surface area contributed by atoms with E-state index in [9.17, 15) is 4.79 Å². The monoisotopic (exact) mass is 324 g/mol. The Kier molecular flexibility index (Phi) is 3.92. The van der Waals surface area contributed by atoms with Gasteiger partial charge in [-0.25, -0.2) is 9.97 Å². The molecule has 0 bridgehead atoms. The van der Waals surface area contributed by atoms with E-state index in [1.54, 1.807) is 23.9 Å². The highest BCUT2D eigenvalue weighted by atomic mass is 16.1. The van der Waals surface area contributed by atoms with Crippen LogP contribution in [0, 0.1) is 0 Å². The van der Waals surface area contributed by atoms with E-state index in [4.69, 9.17) is 0 Å². The summed E-state index contributed by atoms with van der Waals surface area (Å²) < 4.78 is 1.72. The molecule has 0 saturated heterocycles. The second-order valence-electron chi connectivity index (χ2n) is 6.16. The molecule has 0 spiro atoms. The summed E-state index contributed by atoms with van der Waals surface area (Å²) in [6.45, 7) is 3.85. The SMILES string of the molecule is CNc1ncnc2cc(C(=O)NC(C)(C)c3ccn(C)n3)ccc12. The Morgan fingerprint density at radius 3 is 2.67 bits per heavy atom. The van der Waals surface area contributed by atoms with Gasteiger partial charge in [0.2, 0.25) is 0 Å². The van der Waals surface area contributed by atoms with Crippen LogP contribution in [-0.4, -0.2) is 32.7 Å². The number of nitrogens with zero attached hydrogens (tertiary/aromatic N) is 4. The molecule has 2 aromatic heterocycles. The van der Waals surface area contributed by atoms with Crippen molar-refractivity contribution in [1.82, 2.24) is 25.1 Å². The van der Waals surface area contributed by atoms with E-state index in [0.717, 1.165) is 22.4 Å². The number of benzene rings is 1. The summed E-state index contributed by atoms with van der Waals surface area (Å²) >= 11 is 0. The summed E-state index contributed by atoms with van der Waals surface area (Å²) in [5, 5.41) is 11.3. The summed E-state index contributed by atoms with van der Waals surface area (Å²) in [7, 11) is 3.65. The van der Waals surface area contributed by atoms with Crippen molar-refractivity contribution < 1.29 is 4.79 Å². The molecule has 1 amide bonds. The van der Waals surface area contributed by atoms with Crippen LogP contribution < -0.4 is 10.6 Å². The third kappa shape index (κ3) is 2.92. The molecule has 3 aromatic rings. The van der Waals surface area contributed by atoms with Gasteiger partial charge in [0, 0.05) is 31.2 Å². The minimum absolute atomic E-state index is 0.169. The van der Waals surface area contributed by atoms with Crippen molar-refractivity contribution in [3.63, 3.8) is 0 Å².